The SMILES string of the molecule is O=C1CCCCC(=O)N1c1ccc(Br)c(Cl)c1. The van der Waals surface area contributed by atoms with Gasteiger partial charge in [0.15, 0.2) is 0 Å². The zero-order chi connectivity index (χ0) is 12.4. The summed E-state index contributed by atoms with van der Waals surface area (Å²) in [5, 5.41) is 0.493. The van der Waals surface area contributed by atoms with Crippen LogP contribution in [-0.2, 0) is 9.59 Å². The summed E-state index contributed by atoms with van der Waals surface area (Å²) in [6.45, 7) is 0. The third-order valence-corrected chi connectivity index (χ3v) is 3.92. The Morgan fingerprint density at radius 1 is 1.12 bits per heavy atom. The third-order valence-electron chi connectivity index (χ3n) is 2.69. The van der Waals surface area contributed by atoms with Crippen LogP contribution in [0.5, 0.6) is 0 Å². The molecule has 0 bridgehead atoms. The first kappa shape index (κ1) is 12.6. The number of hydrogen-bond donors (Lipinski definition) is 0. The van der Waals surface area contributed by atoms with Crippen LogP contribution in [0.25, 0.3) is 0 Å². The van der Waals surface area contributed by atoms with E-state index in [0.717, 1.165) is 17.3 Å². The van der Waals surface area contributed by atoms with Gasteiger partial charge in [-0.3, -0.25) is 14.5 Å². The molecule has 0 N–H and O–H groups in total. The predicted molar refractivity (Wildman–Crippen MR) is 70.1 cm³/mol. The standard InChI is InChI=1S/C12H11BrClNO2/c13-9-6-5-8(7-10(9)14)15-11(16)3-1-2-4-12(15)17/h5-7H,1-4H2. The highest BCUT2D eigenvalue weighted by molar-refractivity contribution is 9.10. The number of carbonyl (C=O) groups is 2. The minimum atomic E-state index is -0.147. The summed E-state index contributed by atoms with van der Waals surface area (Å²) in [6.07, 6.45) is 2.37. The Bertz CT molecular complexity index is 458. The van der Waals surface area contributed by atoms with Crippen molar-refractivity contribution in [1.82, 2.24) is 0 Å². The van der Waals surface area contributed by atoms with Crippen LogP contribution < -0.4 is 4.90 Å². The van der Waals surface area contributed by atoms with E-state index in [1.54, 1.807) is 18.2 Å². The normalized spacial score (nSPS) is 17.2. The van der Waals surface area contributed by atoms with E-state index >= 15 is 0 Å². The fraction of sp³-hybridized carbons (Fsp3) is 0.333. The second-order valence-electron chi connectivity index (χ2n) is 3.93. The molecular formula is C12H11BrClNO2. The minimum Gasteiger partial charge on any atom is -0.274 e. The average molecular weight is 317 g/mol. The molecule has 90 valence electrons. The summed E-state index contributed by atoms with van der Waals surface area (Å²) in [4.78, 5) is 25.0. The van der Waals surface area contributed by atoms with Gasteiger partial charge in [-0.1, -0.05) is 11.6 Å². The fourth-order valence-corrected chi connectivity index (χ4v) is 2.25. The molecule has 0 atom stereocenters. The Balaban J connectivity index is 2.38. The fourth-order valence-electron chi connectivity index (χ4n) is 1.83. The maximum Gasteiger partial charge on any atom is 0.233 e. The molecule has 0 aliphatic carbocycles. The van der Waals surface area contributed by atoms with Crippen molar-refractivity contribution in [3.05, 3.63) is 27.7 Å². The predicted octanol–water partition coefficient (Wildman–Crippen LogP) is 3.54. The van der Waals surface area contributed by atoms with Crippen LogP contribution in [0.1, 0.15) is 25.7 Å². The van der Waals surface area contributed by atoms with E-state index in [1.165, 1.54) is 4.90 Å². The first-order chi connectivity index (χ1) is 8.09. The first-order valence-electron chi connectivity index (χ1n) is 5.40. The molecule has 2 amide bonds. The molecule has 1 heterocycles. The van der Waals surface area contributed by atoms with Gasteiger partial charge >= 0.3 is 0 Å². The summed E-state index contributed by atoms with van der Waals surface area (Å²) >= 11 is 9.25. The maximum absolute atomic E-state index is 11.9. The summed E-state index contributed by atoms with van der Waals surface area (Å²) in [6, 6.07) is 5.09. The number of benzene rings is 1. The van der Waals surface area contributed by atoms with Crippen molar-refractivity contribution in [2.75, 3.05) is 4.90 Å². The highest BCUT2D eigenvalue weighted by Gasteiger charge is 2.25. The molecule has 1 saturated heterocycles. The molecule has 1 aliphatic heterocycles. The van der Waals surface area contributed by atoms with Gasteiger partial charge < -0.3 is 0 Å². The van der Waals surface area contributed by atoms with Crippen LogP contribution in [0.3, 0.4) is 0 Å². The molecule has 0 spiro atoms. The largest absolute Gasteiger partial charge is 0.274 e. The average Bonchev–Trinajstić information content (AvgIpc) is 2.45. The zero-order valence-corrected chi connectivity index (χ0v) is 11.4. The van der Waals surface area contributed by atoms with Gasteiger partial charge in [-0.25, -0.2) is 0 Å². The Labute approximate surface area is 113 Å². The molecule has 0 radical (unpaired) electrons. The van der Waals surface area contributed by atoms with Gasteiger partial charge in [0.25, 0.3) is 0 Å². The van der Waals surface area contributed by atoms with Crippen LogP contribution >= 0.6 is 27.5 Å². The van der Waals surface area contributed by atoms with E-state index in [1.807, 2.05) is 0 Å². The lowest BCUT2D eigenvalue weighted by molar-refractivity contribution is -0.125. The zero-order valence-electron chi connectivity index (χ0n) is 9.08. The molecular weight excluding hydrogens is 305 g/mol. The van der Waals surface area contributed by atoms with E-state index in [4.69, 9.17) is 11.6 Å². The van der Waals surface area contributed by atoms with Crippen molar-refractivity contribution in [3.8, 4) is 0 Å². The summed E-state index contributed by atoms with van der Waals surface area (Å²) < 4.78 is 0.748. The number of halogens is 2. The number of nitrogens with zero attached hydrogens (tertiary/aromatic N) is 1. The summed E-state index contributed by atoms with van der Waals surface area (Å²) in [7, 11) is 0. The van der Waals surface area contributed by atoms with E-state index in [-0.39, 0.29) is 11.8 Å². The number of anilines is 1. The molecule has 1 aliphatic rings. The Hall–Kier alpha value is -0.870. The van der Waals surface area contributed by atoms with Gasteiger partial charge in [0.2, 0.25) is 11.8 Å². The monoisotopic (exact) mass is 315 g/mol. The Kier molecular flexibility index (Phi) is 3.84. The highest BCUT2D eigenvalue weighted by atomic mass is 79.9. The molecule has 0 saturated carbocycles. The van der Waals surface area contributed by atoms with Crippen molar-refractivity contribution in [3.63, 3.8) is 0 Å². The lowest BCUT2D eigenvalue weighted by Gasteiger charge is -2.19. The quantitative estimate of drug-likeness (QED) is 0.743. The molecule has 1 fully saturated rings. The van der Waals surface area contributed by atoms with Gasteiger partial charge in [0, 0.05) is 17.3 Å². The van der Waals surface area contributed by atoms with Crippen LogP contribution in [-0.4, -0.2) is 11.8 Å². The van der Waals surface area contributed by atoms with E-state index in [9.17, 15) is 9.59 Å². The molecule has 3 nitrogen and oxygen atoms in total. The topological polar surface area (TPSA) is 37.4 Å². The molecule has 17 heavy (non-hydrogen) atoms. The van der Waals surface area contributed by atoms with Crippen molar-refractivity contribution >= 4 is 45.0 Å². The minimum absolute atomic E-state index is 0.147. The van der Waals surface area contributed by atoms with Gasteiger partial charge in [-0.05, 0) is 47.0 Å². The van der Waals surface area contributed by atoms with E-state index < -0.39 is 0 Å². The summed E-state index contributed by atoms with van der Waals surface area (Å²) in [5.41, 5.74) is 0.551. The molecule has 1 aromatic rings. The number of amides is 2. The van der Waals surface area contributed by atoms with Gasteiger partial charge in [-0.15, -0.1) is 0 Å². The van der Waals surface area contributed by atoms with Crippen LogP contribution in [0.15, 0.2) is 22.7 Å². The van der Waals surface area contributed by atoms with Gasteiger partial charge in [-0.2, -0.15) is 0 Å². The first-order valence-corrected chi connectivity index (χ1v) is 6.57. The van der Waals surface area contributed by atoms with Gasteiger partial charge in [0.05, 0.1) is 10.7 Å². The second-order valence-corrected chi connectivity index (χ2v) is 5.19. The lowest BCUT2D eigenvalue weighted by atomic mass is 10.2. The number of carbonyl (C=O) groups excluding carboxylic acids is 2. The Morgan fingerprint density at radius 2 is 1.71 bits per heavy atom. The van der Waals surface area contributed by atoms with Crippen LogP contribution in [0.2, 0.25) is 5.02 Å². The van der Waals surface area contributed by atoms with Crippen molar-refractivity contribution in [1.29, 1.82) is 0 Å². The van der Waals surface area contributed by atoms with E-state index in [2.05, 4.69) is 15.9 Å². The Morgan fingerprint density at radius 3 is 2.24 bits per heavy atom. The lowest BCUT2D eigenvalue weighted by Crippen LogP contribution is -2.35. The van der Waals surface area contributed by atoms with Crippen LogP contribution in [0, 0.1) is 0 Å². The molecule has 2 rings (SSSR count). The second kappa shape index (κ2) is 5.19. The van der Waals surface area contributed by atoms with Gasteiger partial charge in [0.1, 0.15) is 0 Å². The van der Waals surface area contributed by atoms with Crippen LogP contribution in [0.4, 0.5) is 5.69 Å². The number of rotatable bonds is 1. The molecule has 0 unspecified atom stereocenters. The van der Waals surface area contributed by atoms with Crippen molar-refractivity contribution in [2.45, 2.75) is 25.7 Å². The highest BCUT2D eigenvalue weighted by Crippen LogP contribution is 2.29. The summed E-state index contributed by atoms with van der Waals surface area (Å²) in [5.74, 6) is -0.295. The molecule has 1 aromatic carbocycles. The number of hydrogen-bond acceptors (Lipinski definition) is 2. The number of imide groups is 1. The molecule has 0 aromatic heterocycles. The molecule has 5 heteroatoms. The van der Waals surface area contributed by atoms with Crippen molar-refractivity contribution < 1.29 is 9.59 Å². The van der Waals surface area contributed by atoms with Crippen molar-refractivity contribution in [2.24, 2.45) is 0 Å². The smallest absolute Gasteiger partial charge is 0.233 e. The van der Waals surface area contributed by atoms with E-state index in [0.29, 0.717) is 23.6 Å². The maximum atomic E-state index is 11.9. The third kappa shape index (κ3) is 2.69.